The second kappa shape index (κ2) is 16.3. The summed E-state index contributed by atoms with van der Waals surface area (Å²) in [7, 11) is 0. The zero-order valence-electron chi connectivity index (χ0n) is 23.3. The Hall–Kier alpha value is -2.60. The van der Waals surface area contributed by atoms with E-state index in [1.54, 1.807) is 6.07 Å². The summed E-state index contributed by atoms with van der Waals surface area (Å²) in [5, 5.41) is 9.58. The van der Waals surface area contributed by atoms with E-state index >= 15 is 0 Å². The van der Waals surface area contributed by atoms with Crippen LogP contribution in [0.2, 0.25) is 0 Å². The van der Waals surface area contributed by atoms with Gasteiger partial charge in [0.15, 0.2) is 0 Å². The molecule has 0 spiro atoms. The molecule has 0 radical (unpaired) electrons. The van der Waals surface area contributed by atoms with E-state index in [-0.39, 0.29) is 11.9 Å². The van der Waals surface area contributed by atoms with Crippen LogP contribution < -0.4 is 4.74 Å². The van der Waals surface area contributed by atoms with Gasteiger partial charge >= 0.3 is 5.97 Å². The van der Waals surface area contributed by atoms with Crippen molar-refractivity contribution in [3.8, 4) is 11.8 Å². The molecule has 0 saturated heterocycles. The number of nitriles is 1. The van der Waals surface area contributed by atoms with E-state index in [1.807, 2.05) is 12.1 Å². The van der Waals surface area contributed by atoms with Crippen LogP contribution in [-0.4, -0.2) is 5.97 Å². The Morgan fingerprint density at radius 1 is 0.784 bits per heavy atom. The summed E-state index contributed by atoms with van der Waals surface area (Å²) in [5.74, 6) is 0.668. The molecule has 0 aliphatic heterocycles. The van der Waals surface area contributed by atoms with Crippen molar-refractivity contribution in [2.45, 2.75) is 122 Å². The molecule has 3 nitrogen and oxygen atoms in total. The third-order valence-corrected chi connectivity index (χ3v) is 8.02. The maximum absolute atomic E-state index is 12.9. The molecule has 1 aliphatic rings. The molecule has 1 aliphatic carbocycles. The smallest absolute Gasteiger partial charge is 0.314 e. The van der Waals surface area contributed by atoms with Crippen LogP contribution >= 0.6 is 0 Å². The SMILES string of the molecule is CCCCCCCCCc1ccc(C2CCC(C(=O)Oc3ccc(CCCCC)cc3C#N)CC2)cc1. The third-order valence-electron chi connectivity index (χ3n) is 8.02. The fraction of sp³-hybridized carbons (Fsp3) is 0.588. The number of carbonyl (C=O) groups excluding carboxylic acids is 1. The molecule has 3 heteroatoms. The van der Waals surface area contributed by atoms with Gasteiger partial charge in [-0.05, 0) is 86.1 Å². The first-order valence-electron chi connectivity index (χ1n) is 15.0. The van der Waals surface area contributed by atoms with Crippen molar-refractivity contribution in [1.29, 1.82) is 5.26 Å². The zero-order chi connectivity index (χ0) is 26.3. The molecule has 2 aromatic carbocycles. The molecule has 37 heavy (non-hydrogen) atoms. The van der Waals surface area contributed by atoms with Crippen LogP contribution in [0.3, 0.4) is 0 Å². The van der Waals surface area contributed by atoms with E-state index in [4.69, 9.17) is 4.74 Å². The highest BCUT2D eigenvalue weighted by Gasteiger charge is 2.29. The Balaban J connectivity index is 1.42. The van der Waals surface area contributed by atoms with Crippen LogP contribution in [0.5, 0.6) is 5.75 Å². The van der Waals surface area contributed by atoms with Gasteiger partial charge < -0.3 is 4.74 Å². The highest BCUT2D eigenvalue weighted by atomic mass is 16.5. The molecule has 0 bridgehead atoms. The highest BCUT2D eigenvalue weighted by Crippen LogP contribution is 2.37. The number of ether oxygens (including phenoxy) is 1. The van der Waals surface area contributed by atoms with Crippen molar-refractivity contribution < 1.29 is 9.53 Å². The van der Waals surface area contributed by atoms with Crippen molar-refractivity contribution in [2.24, 2.45) is 5.92 Å². The van der Waals surface area contributed by atoms with E-state index in [1.165, 1.54) is 75.3 Å². The Labute approximate surface area is 225 Å². The zero-order valence-corrected chi connectivity index (χ0v) is 23.3. The van der Waals surface area contributed by atoms with Crippen molar-refractivity contribution in [1.82, 2.24) is 0 Å². The first-order valence-corrected chi connectivity index (χ1v) is 15.0. The molecule has 2 aromatic rings. The van der Waals surface area contributed by atoms with Crippen molar-refractivity contribution >= 4 is 5.97 Å². The lowest BCUT2D eigenvalue weighted by Gasteiger charge is -2.27. The van der Waals surface area contributed by atoms with E-state index in [0.717, 1.165) is 44.1 Å². The number of unbranched alkanes of at least 4 members (excludes halogenated alkanes) is 8. The molecule has 0 N–H and O–H groups in total. The molecular weight excluding hydrogens is 454 g/mol. The molecule has 0 unspecified atom stereocenters. The number of nitrogens with zero attached hydrogens (tertiary/aromatic N) is 1. The predicted octanol–water partition coefficient (Wildman–Crippen LogP) is 9.46. The highest BCUT2D eigenvalue weighted by molar-refractivity contribution is 5.76. The Kier molecular flexibility index (Phi) is 12.7. The molecule has 1 saturated carbocycles. The second-order valence-electron chi connectivity index (χ2n) is 11.0. The van der Waals surface area contributed by atoms with E-state index in [2.05, 4.69) is 44.2 Å². The van der Waals surface area contributed by atoms with Crippen molar-refractivity contribution in [3.63, 3.8) is 0 Å². The van der Waals surface area contributed by atoms with Gasteiger partial charge in [-0.15, -0.1) is 0 Å². The van der Waals surface area contributed by atoms with Crippen molar-refractivity contribution in [2.75, 3.05) is 0 Å². The minimum atomic E-state index is -0.182. The molecule has 0 atom stereocenters. The summed E-state index contributed by atoms with van der Waals surface area (Å²) < 4.78 is 5.73. The minimum absolute atomic E-state index is 0.0800. The monoisotopic (exact) mass is 501 g/mol. The number of esters is 1. The number of carbonyl (C=O) groups is 1. The normalized spacial score (nSPS) is 17.3. The van der Waals surface area contributed by atoms with Gasteiger partial charge in [0.05, 0.1) is 11.5 Å². The van der Waals surface area contributed by atoms with Gasteiger partial charge in [-0.25, -0.2) is 0 Å². The Bertz CT molecular complexity index is 980. The lowest BCUT2D eigenvalue weighted by Crippen LogP contribution is -2.25. The van der Waals surface area contributed by atoms with Gasteiger partial charge in [-0.3, -0.25) is 4.79 Å². The van der Waals surface area contributed by atoms with E-state index in [0.29, 0.717) is 17.2 Å². The summed E-state index contributed by atoms with van der Waals surface area (Å²) in [4.78, 5) is 12.9. The number of hydrogen-bond donors (Lipinski definition) is 0. The van der Waals surface area contributed by atoms with Crippen LogP contribution in [0.15, 0.2) is 42.5 Å². The maximum atomic E-state index is 12.9. The molecule has 3 rings (SSSR count). The summed E-state index contributed by atoms with van der Waals surface area (Å²) >= 11 is 0. The average Bonchev–Trinajstić information content (AvgIpc) is 2.94. The molecule has 1 fully saturated rings. The summed E-state index contributed by atoms with van der Waals surface area (Å²) in [6, 6.07) is 17.1. The second-order valence-corrected chi connectivity index (χ2v) is 11.0. The van der Waals surface area contributed by atoms with Gasteiger partial charge in [0.2, 0.25) is 0 Å². The average molecular weight is 502 g/mol. The molecule has 0 heterocycles. The van der Waals surface area contributed by atoms with Gasteiger partial charge in [-0.2, -0.15) is 5.26 Å². The fourth-order valence-electron chi connectivity index (χ4n) is 5.58. The first-order chi connectivity index (χ1) is 18.1. The Morgan fingerprint density at radius 3 is 2.03 bits per heavy atom. The molecule has 200 valence electrons. The molecular formula is C34H47NO2. The van der Waals surface area contributed by atoms with Gasteiger partial charge in [0.25, 0.3) is 0 Å². The molecule has 0 amide bonds. The van der Waals surface area contributed by atoms with Crippen LogP contribution in [0.1, 0.15) is 132 Å². The number of aryl methyl sites for hydroxylation is 2. The van der Waals surface area contributed by atoms with E-state index in [9.17, 15) is 10.1 Å². The first kappa shape index (κ1) is 29.0. The van der Waals surface area contributed by atoms with Crippen LogP contribution in [0.4, 0.5) is 0 Å². The lowest BCUT2D eigenvalue weighted by atomic mass is 9.78. The Morgan fingerprint density at radius 2 is 1.35 bits per heavy atom. The summed E-state index contributed by atoms with van der Waals surface area (Å²) in [6.45, 7) is 4.45. The quantitative estimate of drug-likeness (QED) is 0.139. The standard InChI is InChI=1S/C34H47NO2/c1-3-5-7-8-9-10-12-13-27-15-18-29(19-16-27)30-20-22-31(23-21-30)34(36)37-33-24-17-28(14-11-6-4-2)25-32(33)26-35/h15-19,24-25,30-31H,3-14,20-23H2,1-2H3. The minimum Gasteiger partial charge on any atom is -0.425 e. The predicted molar refractivity (Wildman–Crippen MR) is 153 cm³/mol. The summed E-state index contributed by atoms with van der Waals surface area (Å²) in [6.07, 6.45) is 18.8. The van der Waals surface area contributed by atoms with E-state index < -0.39 is 0 Å². The van der Waals surface area contributed by atoms with Crippen molar-refractivity contribution in [3.05, 3.63) is 64.7 Å². The van der Waals surface area contributed by atoms with Gasteiger partial charge in [-0.1, -0.05) is 95.5 Å². The van der Waals surface area contributed by atoms with Gasteiger partial charge in [0.1, 0.15) is 11.8 Å². The van der Waals surface area contributed by atoms with Crippen LogP contribution in [0, 0.1) is 17.2 Å². The van der Waals surface area contributed by atoms with Crippen LogP contribution in [-0.2, 0) is 17.6 Å². The lowest BCUT2D eigenvalue weighted by molar-refractivity contribution is -0.140. The number of rotatable bonds is 15. The molecule has 0 aromatic heterocycles. The topological polar surface area (TPSA) is 50.1 Å². The number of benzene rings is 2. The van der Waals surface area contributed by atoms with Gasteiger partial charge in [0, 0.05) is 0 Å². The number of hydrogen-bond acceptors (Lipinski definition) is 3. The summed E-state index contributed by atoms with van der Waals surface area (Å²) in [5.41, 5.74) is 4.45. The maximum Gasteiger partial charge on any atom is 0.314 e. The largest absolute Gasteiger partial charge is 0.425 e. The third kappa shape index (κ3) is 9.66. The van der Waals surface area contributed by atoms with Crippen LogP contribution in [0.25, 0.3) is 0 Å². The fourth-order valence-corrected chi connectivity index (χ4v) is 5.58.